The van der Waals surface area contributed by atoms with Crippen LogP contribution in [0.2, 0.25) is 0 Å². The minimum atomic E-state index is -1.59. The van der Waals surface area contributed by atoms with Crippen molar-refractivity contribution in [2.24, 2.45) is 17.4 Å². The van der Waals surface area contributed by atoms with Crippen LogP contribution in [0.3, 0.4) is 0 Å². The second kappa shape index (κ2) is 9.83. The standard InChI is InChI=1S/C14H26N4O6/c1-4-6(2)10(16)13(22)17-8(5-9(15)20)12(21)18-11(7(3)19)14(23)24/h6-8,10-11,19H,4-5,16H2,1-3H3,(H2,15,20)(H,17,22)(H,18,21)(H,23,24). The summed E-state index contributed by atoms with van der Waals surface area (Å²) in [5.41, 5.74) is 10.8. The molecule has 0 aromatic heterocycles. The van der Waals surface area contributed by atoms with Crippen molar-refractivity contribution in [1.82, 2.24) is 10.6 Å². The van der Waals surface area contributed by atoms with E-state index in [2.05, 4.69) is 10.6 Å². The SMILES string of the molecule is CCC(C)C(N)C(=O)NC(CC(N)=O)C(=O)NC(C(=O)O)C(C)O. The van der Waals surface area contributed by atoms with Gasteiger partial charge in [-0.2, -0.15) is 0 Å². The summed E-state index contributed by atoms with van der Waals surface area (Å²) in [6, 6.07) is -3.87. The molecule has 8 N–H and O–H groups in total. The Morgan fingerprint density at radius 2 is 1.62 bits per heavy atom. The lowest BCUT2D eigenvalue weighted by Gasteiger charge is -2.24. The molecule has 0 radical (unpaired) electrons. The van der Waals surface area contributed by atoms with Gasteiger partial charge >= 0.3 is 5.97 Å². The molecule has 0 saturated carbocycles. The van der Waals surface area contributed by atoms with Crippen molar-refractivity contribution in [2.45, 2.75) is 57.8 Å². The molecule has 0 aliphatic carbocycles. The van der Waals surface area contributed by atoms with Gasteiger partial charge in [0, 0.05) is 0 Å². The second-order valence-electron chi connectivity index (χ2n) is 5.71. The van der Waals surface area contributed by atoms with E-state index in [1.807, 2.05) is 6.92 Å². The summed E-state index contributed by atoms with van der Waals surface area (Å²) in [7, 11) is 0. The van der Waals surface area contributed by atoms with Gasteiger partial charge in [-0.05, 0) is 12.8 Å². The fourth-order valence-electron chi connectivity index (χ4n) is 1.83. The zero-order chi connectivity index (χ0) is 19.0. The maximum atomic E-state index is 12.1. The Hall–Kier alpha value is -2.20. The Morgan fingerprint density at radius 3 is 2.00 bits per heavy atom. The summed E-state index contributed by atoms with van der Waals surface area (Å²) in [5.74, 6) is -4.09. The first kappa shape index (κ1) is 21.8. The number of aliphatic hydroxyl groups excluding tert-OH is 1. The Labute approximate surface area is 139 Å². The summed E-state index contributed by atoms with van der Waals surface area (Å²) < 4.78 is 0. The van der Waals surface area contributed by atoms with Gasteiger partial charge in [-0.1, -0.05) is 20.3 Å². The minimum absolute atomic E-state index is 0.161. The number of carboxylic acid groups (broad SMARTS) is 1. The Kier molecular flexibility index (Phi) is 8.93. The summed E-state index contributed by atoms with van der Waals surface area (Å²) in [6.07, 6.45) is -1.28. The number of hydrogen-bond donors (Lipinski definition) is 6. The van der Waals surface area contributed by atoms with Crippen LogP contribution in [-0.2, 0) is 19.2 Å². The van der Waals surface area contributed by atoms with Crippen molar-refractivity contribution in [3.8, 4) is 0 Å². The lowest BCUT2D eigenvalue weighted by atomic mass is 9.99. The molecule has 0 rings (SSSR count). The van der Waals surface area contributed by atoms with Crippen LogP contribution in [-0.4, -0.2) is 58.1 Å². The summed E-state index contributed by atoms with van der Waals surface area (Å²) in [4.78, 5) is 46.3. The highest BCUT2D eigenvalue weighted by Crippen LogP contribution is 2.06. The number of amides is 3. The number of primary amides is 1. The zero-order valence-electron chi connectivity index (χ0n) is 14.0. The maximum absolute atomic E-state index is 12.1. The predicted octanol–water partition coefficient (Wildman–Crippen LogP) is -2.33. The molecule has 5 atom stereocenters. The van der Waals surface area contributed by atoms with Crippen molar-refractivity contribution in [2.75, 3.05) is 0 Å². The summed E-state index contributed by atoms with van der Waals surface area (Å²) in [5, 5.41) is 22.7. The van der Waals surface area contributed by atoms with Gasteiger partial charge in [0.1, 0.15) is 6.04 Å². The molecule has 10 heteroatoms. The number of aliphatic carboxylic acids is 1. The predicted molar refractivity (Wildman–Crippen MR) is 84.4 cm³/mol. The van der Waals surface area contributed by atoms with Crippen molar-refractivity contribution in [3.05, 3.63) is 0 Å². The molecule has 0 spiro atoms. The largest absolute Gasteiger partial charge is 0.480 e. The van der Waals surface area contributed by atoms with E-state index in [9.17, 15) is 24.3 Å². The van der Waals surface area contributed by atoms with E-state index in [-0.39, 0.29) is 5.92 Å². The Balaban J connectivity index is 5.12. The highest BCUT2D eigenvalue weighted by Gasteiger charge is 2.31. The highest BCUT2D eigenvalue weighted by atomic mass is 16.4. The first-order valence-corrected chi connectivity index (χ1v) is 7.56. The highest BCUT2D eigenvalue weighted by molar-refractivity contribution is 5.94. The average molecular weight is 346 g/mol. The van der Waals surface area contributed by atoms with Gasteiger partial charge in [-0.25, -0.2) is 4.79 Å². The molecule has 5 unspecified atom stereocenters. The third-order valence-corrected chi connectivity index (χ3v) is 3.64. The van der Waals surface area contributed by atoms with Crippen LogP contribution in [0.15, 0.2) is 0 Å². The molecule has 0 fully saturated rings. The van der Waals surface area contributed by atoms with Crippen LogP contribution in [0.4, 0.5) is 0 Å². The number of aliphatic hydroxyl groups is 1. The third-order valence-electron chi connectivity index (χ3n) is 3.64. The van der Waals surface area contributed by atoms with Crippen LogP contribution in [0.1, 0.15) is 33.6 Å². The molecule has 10 nitrogen and oxygen atoms in total. The van der Waals surface area contributed by atoms with Crippen LogP contribution in [0, 0.1) is 5.92 Å². The molecule has 0 aliphatic heterocycles. The van der Waals surface area contributed by atoms with Gasteiger partial charge in [0.05, 0.1) is 18.6 Å². The number of rotatable bonds is 10. The van der Waals surface area contributed by atoms with Crippen LogP contribution in [0.25, 0.3) is 0 Å². The lowest BCUT2D eigenvalue weighted by molar-refractivity contribution is -0.145. The molecule has 0 aliphatic rings. The monoisotopic (exact) mass is 346 g/mol. The Morgan fingerprint density at radius 1 is 1.08 bits per heavy atom. The summed E-state index contributed by atoms with van der Waals surface area (Å²) >= 11 is 0. The van der Waals surface area contributed by atoms with Crippen LogP contribution < -0.4 is 22.1 Å². The smallest absolute Gasteiger partial charge is 0.328 e. The first-order chi connectivity index (χ1) is 11.0. The number of carbonyl (C=O) groups excluding carboxylic acids is 3. The Bertz CT molecular complexity index is 482. The number of nitrogens with one attached hydrogen (secondary N) is 2. The molecular weight excluding hydrogens is 320 g/mol. The van der Waals surface area contributed by atoms with E-state index >= 15 is 0 Å². The fourth-order valence-corrected chi connectivity index (χ4v) is 1.83. The van der Waals surface area contributed by atoms with Gasteiger partial charge in [0.2, 0.25) is 17.7 Å². The molecule has 0 heterocycles. The van der Waals surface area contributed by atoms with Crippen LogP contribution in [0.5, 0.6) is 0 Å². The average Bonchev–Trinajstić information content (AvgIpc) is 2.48. The molecule has 138 valence electrons. The maximum Gasteiger partial charge on any atom is 0.328 e. The molecule has 0 aromatic carbocycles. The van der Waals surface area contributed by atoms with Crippen molar-refractivity contribution >= 4 is 23.7 Å². The minimum Gasteiger partial charge on any atom is -0.480 e. The zero-order valence-corrected chi connectivity index (χ0v) is 14.0. The van der Waals surface area contributed by atoms with E-state index < -0.39 is 54.3 Å². The fraction of sp³-hybridized carbons (Fsp3) is 0.714. The molecule has 0 aromatic rings. The number of nitrogens with two attached hydrogens (primary N) is 2. The van der Waals surface area contributed by atoms with Gasteiger partial charge < -0.3 is 32.3 Å². The second-order valence-corrected chi connectivity index (χ2v) is 5.71. The van der Waals surface area contributed by atoms with E-state index in [1.165, 1.54) is 6.92 Å². The van der Waals surface area contributed by atoms with Crippen LogP contribution >= 0.6 is 0 Å². The number of hydrogen-bond acceptors (Lipinski definition) is 6. The van der Waals surface area contributed by atoms with Gasteiger partial charge in [-0.3, -0.25) is 14.4 Å². The van der Waals surface area contributed by atoms with Crippen molar-refractivity contribution in [3.63, 3.8) is 0 Å². The number of carbonyl (C=O) groups is 4. The molecular formula is C14H26N4O6. The molecule has 0 saturated heterocycles. The van der Waals surface area contributed by atoms with E-state index in [0.717, 1.165) is 0 Å². The van der Waals surface area contributed by atoms with E-state index in [0.29, 0.717) is 6.42 Å². The van der Waals surface area contributed by atoms with Gasteiger partial charge in [-0.15, -0.1) is 0 Å². The lowest BCUT2D eigenvalue weighted by Crippen LogP contribution is -2.58. The van der Waals surface area contributed by atoms with Crippen molar-refractivity contribution in [1.29, 1.82) is 0 Å². The normalized spacial score (nSPS) is 17.0. The first-order valence-electron chi connectivity index (χ1n) is 7.56. The van der Waals surface area contributed by atoms with Crippen molar-refractivity contribution < 1.29 is 29.4 Å². The van der Waals surface area contributed by atoms with Gasteiger partial charge in [0.15, 0.2) is 6.04 Å². The van der Waals surface area contributed by atoms with Gasteiger partial charge in [0.25, 0.3) is 0 Å². The quantitative estimate of drug-likeness (QED) is 0.256. The molecule has 24 heavy (non-hydrogen) atoms. The van der Waals surface area contributed by atoms with E-state index in [1.54, 1.807) is 6.92 Å². The molecule has 0 bridgehead atoms. The molecule has 3 amide bonds. The third kappa shape index (κ3) is 6.92. The number of carboxylic acids is 1. The summed E-state index contributed by atoms with van der Waals surface area (Å²) in [6.45, 7) is 4.77. The topological polar surface area (TPSA) is 185 Å². The van der Waals surface area contributed by atoms with E-state index in [4.69, 9.17) is 16.6 Å².